The van der Waals surface area contributed by atoms with E-state index in [1.165, 1.54) is 6.20 Å². The molecule has 0 radical (unpaired) electrons. The van der Waals surface area contributed by atoms with Crippen LogP contribution in [0, 0.1) is 0 Å². The van der Waals surface area contributed by atoms with Crippen molar-refractivity contribution in [3.05, 3.63) is 53.1 Å². The van der Waals surface area contributed by atoms with Crippen molar-refractivity contribution >= 4 is 29.4 Å². The maximum absolute atomic E-state index is 13.4. The second-order valence-electron chi connectivity index (χ2n) is 9.36. The molecule has 0 aliphatic carbocycles. The normalized spacial score (nSPS) is 15.2. The first-order chi connectivity index (χ1) is 18.0. The quantitative estimate of drug-likeness (QED) is 0.244. The molecule has 1 amide bonds. The Morgan fingerprint density at radius 2 is 1.92 bits per heavy atom. The summed E-state index contributed by atoms with van der Waals surface area (Å²) in [7, 11) is 1.83. The number of piperidine rings is 1. The maximum Gasteiger partial charge on any atom is 0.314 e. The summed E-state index contributed by atoms with van der Waals surface area (Å²) in [6.45, 7) is 1.87. The number of carbonyl (C=O) groups excluding carboxylic acids is 1. The van der Waals surface area contributed by atoms with Crippen LogP contribution in [0.3, 0.4) is 0 Å². The van der Waals surface area contributed by atoms with Crippen molar-refractivity contribution in [3.63, 3.8) is 0 Å². The van der Waals surface area contributed by atoms with Crippen molar-refractivity contribution in [2.75, 3.05) is 36.5 Å². The fourth-order valence-corrected chi connectivity index (χ4v) is 4.69. The Morgan fingerprint density at radius 1 is 1.18 bits per heavy atom. The van der Waals surface area contributed by atoms with Crippen LogP contribution in [0.2, 0.25) is 5.02 Å². The molecule has 1 aliphatic heterocycles. The number of nitrogens with zero attached hydrogens (tertiary/aromatic N) is 6. The minimum atomic E-state index is -2.86. The molecular formula is C25H27ClF4N6O2. The average Bonchev–Trinajstić information content (AvgIpc) is 3.37. The van der Waals surface area contributed by atoms with E-state index < -0.39 is 18.2 Å². The number of likely N-dealkylation sites (tertiary alicyclic amines) is 1. The number of pyridine rings is 1. The fourth-order valence-electron chi connectivity index (χ4n) is 4.52. The Balaban J connectivity index is 1.48. The van der Waals surface area contributed by atoms with Gasteiger partial charge in [-0.3, -0.25) is 14.7 Å². The van der Waals surface area contributed by atoms with E-state index in [4.69, 9.17) is 16.0 Å². The van der Waals surface area contributed by atoms with Gasteiger partial charge in [-0.25, -0.2) is 8.78 Å². The van der Waals surface area contributed by atoms with Gasteiger partial charge in [0, 0.05) is 44.3 Å². The van der Waals surface area contributed by atoms with E-state index in [-0.39, 0.29) is 18.5 Å². The first kappa shape index (κ1) is 27.8. The summed E-state index contributed by atoms with van der Waals surface area (Å²) in [5.41, 5.74) is 2.39. The van der Waals surface area contributed by atoms with Gasteiger partial charge in [0.05, 0.1) is 35.7 Å². The topological polar surface area (TPSA) is 78.6 Å². The zero-order valence-electron chi connectivity index (χ0n) is 20.8. The van der Waals surface area contributed by atoms with Gasteiger partial charge in [0.1, 0.15) is 0 Å². The second kappa shape index (κ2) is 11.6. The molecule has 1 aliphatic rings. The summed E-state index contributed by atoms with van der Waals surface area (Å²) in [6, 6.07) is 8.42. The minimum absolute atomic E-state index is 0.0554. The van der Waals surface area contributed by atoms with Gasteiger partial charge in [0.15, 0.2) is 0 Å². The van der Waals surface area contributed by atoms with Crippen molar-refractivity contribution < 1.29 is 26.8 Å². The number of hydrogen-bond acceptors (Lipinski definition) is 7. The number of aromatic nitrogens is 3. The summed E-state index contributed by atoms with van der Waals surface area (Å²) in [5, 5.41) is 7.42. The summed E-state index contributed by atoms with van der Waals surface area (Å²) < 4.78 is 57.2. The van der Waals surface area contributed by atoms with Gasteiger partial charge in [-0.05, 0) is 43.2 Å². The zero-order valence-corrected chi connectivity index (χ0v) is 21.6. The Kier molecular flexibility index (Phi) is 8.51. The molecule has 0 bridgehead atoms. The summed E-state index contributed by atoms with van der Waals surface area (Å²) in [6.07, 6.45) is 0.485. The molecule has 0 unspecified atom stereocenters. The van der Waals surface area contributed by atoms with Gasteiger partial charge in [0.25, 0.3) is 11.8 Å². The van der Waals surface area contributed by atoms with Crippen LogP contribution >= 0.6 is 11.6 Å². The van der Waals surface area contributed by atoms with Gasteiger partial charge < -0.3 is 14.2 Å². The first-order valence-corrected chi connectivity index (χ1v) is 12.3. The van der Waals surface area contributed by atoms with Crippen LogP contribution < -0.4 is 9.80 Å². The molecule has 1 fully saturated rings. The van der Waals surface area contributed by atoms with E-state index in [0.717, 1.165) is 13.3 Å². The molecule has 0 saturated carbocycles. The van der Waals surface area contributed by atoms with E-state index in [0.29, 0.717) is 60.1 Å². The predicted octanol–water partition coefficient (Wildman–Crippen LogP) is 5.44. The van der Waals surface area contributed by atoms with Crippen LogP contribution in [0.1, 0.15) is 37.8 Å². The third-order valence-electron chi connectivity index (χ3n) is 6.29. The van der Waals surface area contributed by atoms with Gasteiger partial charge in [-0.1, -0.05) is 11.6 Å². The average molecular weight is 555 g/mol. The highest BCUT2D eigenvalue weighted by Crippen LogP contribution is 2.35. The molecule has 3 aromatic rings. The maximum atomic E-state index is 13.4. The number of rotatable bonds is 10. The lowest BCUT2D eigenvalue weighted by molar-refractivity contribution is -0.108. The SMILES string of the molecule is CN(Cc1ccc(-c2nnc(C(F)F)o2)cn1)c1cc(Cl)ccc1N(C=O)C1CCN(CC(C)(F)F)CC1. The Bertz CT molecular complexity index is 1230. The summed E-state index contributed by atoms with van der Waals surface area (Å²) in [5.74, 6) is -3.58. The fraction of sp³-hybridized carbons (Fsp3) is 0.440. The molecule has 1 saturated heterocycles. The minimum Gasteiger partial charge on any atom is -0.415 e. The molecule has 13 heteroatoms. The van der Waals surface area contributed by atoms with Crippen LogP contribution in [0.5, 0.6) is 0 Å². The zero-order chi connectivity index (χ0) is 27.4. The van der Waals surface area contributed by atoms with Crippen LogP contribution in [0.25, 0.3) is 11.5 Å². The van der Waals surface area contributed by atoms with Crippen molar-refractivity contribution in [1.82, 2.24) is 20.1 Å². The summed E-state index contributed by atoms with van der Waals surface area (Å²) >= 11 is 6.29. The first-order valence-electron chi connectivity index (χ1n) is 12.0. The largest absolute Gasteiger partial charge is 0.415 e. The molecule has 3 heterocycles. The van der Waals surface area contributed by atoms with Crippen molar-refractivity contribution in [2.24, 2.45) is 0 Å². The third kappa shape index (κ3) is 6.79. The molecule has 1 aromatic carbocycles. The lowest BCUT2D eigenvalue weighted by atomic mass is 10.0. The van der Waals surface area contributed by atoms with Gasteiger partial charge in [-0.15, -0.1) is 10.2 Å². The molecule has 2 aromatic heterocycles. The molecule has 38 heavy (non-hydrogen) atoms. The molecule has 0 atom stereocenters. The second-order valence-corrected chi connectivity index (χ2v) is 9.80. The van der Waals surface area contributed by atoms with Crippen LogP contribution in [0.15, 0.2) is 40.9 Å². The molecule has 0 N–H and O–H groups in total. The van der Waals surface area contributed by atoms with Gasteiger partial charge in [0.2, 0.25) is 12.3 Å². The van der Waals surface area contributed by atoms with Crippen LogP contribution in [-0.2, 0) is 11.3 Å². The number of amides is 1. The molecular weight excluding hydrogens is 528 g/mol. The summed E-state index contributed by atoms with van der Waals surface area (Å²) in [4.78, 5) is 21.8. The van der Waals surface area contributed by atoms with Gasteiger partial charge >= 0.3 is 6.43 Å². The van der Waals surface area contributed by atoms with Crippen molar-refractivity contribution in [2.45, 2.75) is 44.7 Å². The Morgan fingerprint density at radius 3 is 2.50 bits per heavy atom. The van der Waals surface area contributed by atoms with Crippen molar-refractivity contribution in [1.29, 1.82) is 0 Å². The molecule has 204 valence electrons. The number of carbonyl (C=O) groups is 1. The van der Waals surface area contributed by atoms with E-state index in [2.05, 4.69) is 15.2 Å². The Hall–Kier alpha value is -3.25. The smallest absolute Gasteiger partial charge is 0.314 e. The molecule has 8 nitrogen and oxygen atoms in total. The third-order valence-corrected chi connectivity index (χ3v) is 6.53. The van der Waals surface area contributed by atoms with E-state index in [1.54, 1.807) is 40.1 Å². The highest BCUT2D eigenvalue weighted by molar-refractivity contribution is 6.31. The predicted molar refractivity (Wildman–Crippen MR) is 135 cm³/mol. The van der Waals surface area contributed by atoms with Crippen LogP contribution in [-0.4, -0.2) is 65.1 Å². The number of halogens is 5. The van der Waals surface area contributed by atoms with E-state index in [9.17, 15) is 22.4 Å². The number of benzene rings is 1. The number of alkyl halides is 4. The highest BCUT2D eigenvalue weighted by atomic mass is 35.5. The van der Waals surface area contributed by atoms with Crippen molar-refractivity contribution in [3.8, 4) is 11.5 Å². The van der Waals surface area contributed by atoms with E-state index in [1.807, 2.05) is 11.9 Å². The number of hydrogen-bond donors (Lipinski definition) is 0. The Labute approximate surface area is 222 Å². The van der Waals surface area contributed by atoms with Crippen LogP contribution in [0.4, 0.5) is 28.9 Å². The standard InChI is InChI=1S/C25H27ClF4N6O2/c1-25(29,30)14-35-9-7-19(8-10-35)36(15-37)20-6-4-17(26)11-21(20)34(2)13-18-5-3-16(12-31-18)23-32-33-24(38-23)22(27)28/h3-6,11-12,15,19,22H,7-10,13-14H2,1-2H3. The van der Waals surface area contributed by atoms with E-state index >= 15 is 0 Å². The lowest BCUT2D eigenvalue weighted by Crippen LogP contribution is -2.47. The van der Waals surface area contributed by atoms with Gasteiger partial charge in [-0.2, -0.15) is 8.78 Å². The number of anilines is 2. The highest BCUT2D eigenvalue weighted by Gasteiger charge is 2.31. The molecule has 4 rings (SSSR count). The molecule has 0 spiro atoms. The monoisotopic (exact) mass is 554 g/mol. The lowest BCUT2D eigenvalue weighted by Gasteiger charge is -2.38.